The van der Waals surface area contributed by atoms with E-state index in [1.165, 1.54) is 20.8 Å². The highest BCUT2D eigenvalue weighted by Crippen LogP contribution is 2.65. The van der Waals surface area contributed by atoms with Crippen molar-refractivity contribution in [2.24, 2.45) is 16.7 Å². The molecule has 12 nitrogen and oxygen atoms in total. The summed E-state index contributed by atoms with van der Waals surface area (Å²) in [6, 6.07) is 17.2. The third kappa shape index (κ3) is 7.72. The summed E-state index contributed by atoms with van der Waals surface area (Å²) in [6.07, 6.45) is -7.32. The van der Waals surface area contributed by atoms with Crippen molar-refractivity contribution in [3.05, 3.63) is 95.1 Å². The summed E-state index contributed by atoms with van der Waals surface area (Å²) in [6.45, 7) is 14.7. The molecule has 0 unspecified atom stereocenters. The number of hydrogen-bond acceptors (Lipinski definition) is 12. The van der Waals surface area contributed by atoms with Crippen molar-refractivity contribution in [1.82, 2.24) is 0 Å². The maximum atomic E-state index is 14.1. The monoisotopic (exact) mass is 746 g/mol. The molecule has 2 fully saturated rings. The first kappa shape index (κ1) is 40.4. The zero-order valence-electron chi connectivity index (χ0n) is 31.8. The zero-order valence-corrected chi connectivity index (χ0v) is 31.8. The van der Waals surface area contributed by atoms with Gasteiger partial charge in [0.05, 0.1) is 16.6 Å². The molecule has 0 radical (unpaired) electrons. The Kier molecular flexibility index (Phi) is 11.6. The molecule has 0 aromatic heterocycles. The van der Waals surface area contributed by atoms with Gasteiger partial charge in [-0.25, -0.2) is 9.59 Å². The Morgan fingerprint density at radius 2 is 1.41 bits per heavy atom. The van der Waals surface area contributed by atoms with Gasteiger partial charge in [0.2, 0.25) is 0 Å². The molecule has 0 aliphatic heterocycles. The van der Waals surface area contributed by atoms with Crippen molar-refractivity contribution < 1.29 is 57.9 Å². The van der Waals surface area contributed by atoms with Crippen LogP contribution in [0.15, 0.2) is 84.0 Å². The maximum Gasteiger partial charge on any atom is 0.338 e. The SMILES string of the molecule is C=C1[C@@H](OC(C)=O)C[C@H](OC(C)=O)[C@]2(C)[C@@H]1C[C@]1(C(C)(C)O)C[C@H](OC(=O)[C@H](O)Cc3ccccc3)C(C)=C1[C@@H](OC(=O)c1ccccc1)[C@@H]2OC(C)=O. The number of hydrogen-bond donors (Lipinski definition) is 2. The van der Waals surface area contributed by atoms with Crippen molar-refractivity contribution in [3.8, 4) is 0 Å². The second-order valence-electron chi connectivity index (χ2n) is 15.4. The van der Waals surface area contributed by atoms with Crippen molar-refractivity contribution >= 4 is 29.8 Å². The molecule has 0 heterocycles. The fraction of sp³-hybridized carbons (Fsp3) is 0.500. The predicted molar refractivity (Wildman–Crippen MR) is 194 cm³/mol. The molecule has 5 rings (SSSR count). The first-order valence-electron chi connectivity index (χ1n) is 18.1. The van der Waals surface area contributed by atoms with Crippen LogP contribution in [-0.2, 0) is 49.3 Å². The van der Waals surface area contributed by atoms with Crippen LogP contribution in [0.25, 0.3) is 0 Å². The standard InChI is InChI=1S/C42H50O12/c1-23-30-21-42(40(6,7)49)22-33(53-39(48)31(46)19-28-15-11-9-12-16-28)24(2)35(42)36(54-38(47)29-17-13-10-14-18-29)37(52-27(5)45)41(30,8)34(51-26(4)44)20-32(23)50-25(3)43/h9-18,30-34,36-37,46,49H,1,19-22H2,2-8H3/t30-,31-,32+,33+,34+,36-,37+,41+,42+/m1/s1. The first-order valence-corrected chi connectivity index (χ1v) is 18.1. The molecule has 9 atom stereocenters. The minimum absolute atomic E-state index is 0.000184. The Morgan fingerprint density at radius 3 is 1.96 bits per heavy atom. The van der Waals surface area contributed by atoms with E-state index < -0.39 is 88.8 Å². The van der Waals surface area contributed by atoms with Crippen molar-refractivity contribution in [1.29, 1.82) is 0 Å². The summed E-state index contributed by atoms with van der Waals surface area (Å²) in [5.41, 5.74) is -2.27. The third-order valence-corrected chi connectivity index (χ3v) is 11.5. The van der Waals surface area contributed by atoms with E-state index >= 15 is 0 Å². The Bertz CT molecular complexity index is 1810. The molecular formula is C42H50O12. The van der Waals surface area contributed by atoms with Crippen LogP contribution in [0.4, 0.5) is 0 Å². The van der Waals surface area contributed by atoms with Crippen LogP contribution in [0.1, 0.15) is 83.7 Å². The average Bonchev–Trinajstić information content (AvgIpc) is 3.33. The first-order chi connectivity index (χ1) is 25.3. The van der Waals surface area contributed by atoms with Gasteiger partial charge in [-0.1, -0.05) is 62.0 Å². The van der Waals surface area contributed by atoms with Crippen LogP contribution < -0.4 is 0 Å². The maximum absolute atomic E-state index is 14.1. The van der Waals surface area contributed by atoms with E-state index in [9.17, 15) is 34.2 Å². The lowest BCUT2D eigenvalue weighted by molar-refractivity contribution is -0.198. The van der Waals surface area contributed by atoms with E-state index in [0.717, 1.165) is 5.56 Å². The van der Waals surface area contributed by atoms with Crippen LogP contribution in [0.5, 0.6) is 0 Å². The number of carbonyl (C=O) groups is 5. The highest BCUT2D eigenvalue weighted by atomic mass is 16.6. The molecule has 2 N–H and O–H groups in total. The summed E-state index contributed by atoms with van der Waals surface area (Å²) < 4.78 is 30.3. The molecule has 3 aliphatic carbocycles. The smallest absolute Gasteiger partial charge is 0.338 e. The van der Waals surface area contributed by atoms with E-state index in [2.05, 4.69) is 6.58 Å². The number of ether oxygens (including phenoxy) is 5. The van der Waals surface area contributed by atoms with Crippen LogP contribution in [-0.4, -0.2) is 82.3 Å². The summed E-state index contributed by atoms with van der Waals surface area (Å²) in [4.78, 5) is 65.8. The lowest BCUT2D eigenvalue weighted by Gasteiger charge is -2.53. The minimum Gasteiger partial charge on any atom is -0.462 e. The van der Waals surface area contributed by atoms with Crippen LogP contribution in [0, 0.1) is 16.7 Å². The van der Waals surface area contributed by atoms with Crippen LogP contribution in [0.2, 0.25) is 0 Å². The summed E-state index contributed by atoms with van der Waals surface area (Å²) in [5, 5.41) is 23.3. The Labute approximate surface area is 315 Å². The van der Waals surface area contributed by atoms with Gasteiger partial charge in [-0.05, 0) is 67.5 Å². The number of rotatable bonds is 10. The number of aliphatic hydroxyl groups is 2. The fourth-order valence-electron chi connectivity index (χ4n) is 8.87. The van der Waals surface area contributed by atoms with Crippen molar-refractivity contribution in [2.45, 2.75) is 116 Å². The molecular weight excluding hydrogens is 696 g/mol. The molecule has 0 bridgehead atoms. The summed E-state index contributed by atoms with van der Waals surface area (Å²) >= 11 is 0. The van der Waals surface area contributed by atoms with Gasteiger partial charge in [-0.3, -0.25) is 14.4 Å². The lowest BCUT2D eigenvalue weighted by Crippen LogP contribution is -2.60. The number of esters is 5. The number of fused-ring (bicyclic) bond motifs is 2. The van der Waals surface area contributed by atoms with Crippen molar-refractivity contribution in [3.63, 3.8) is 0 Å². The molecule has 0 saturated heterocycles. The fourth-order valence-corrected chi connectivity index (χ4v) is 8.87. The summed E-state index contributed by atoms with van der Waals surface area (Å²) in [7, 11) is 0. The number of carbonyl (C=O) groups excluding carboxylic acids is 5. The molecule has 54 heavy (non-hydrogen) atoms. The van der Waals surface area contributed by atoms with Gasteiger partial charge in [0, 0.05) is 45.4 Å². The second kappa shape index (κ2) is 15.5. The van der Waals surface area contributed by atoms with E-state index in [1.807, 2.05) is 6.07 Å². The molecule has 290 valence electrons. The molecule has 12 heteroatoms. The molecule has 0 spiro atoms. The Morgan fingerprint density at radius 1 is 0.833 bits per heavy atom. The molecule has 2 aromatic carbocycles. The molecule has 0 amide bonds. The van der Waals surface area contributed by atoms with E-state index in [4.69, 9.17) is 23.7 Å². The largest absolute Gasteiger partial charge is 0.462 e. The minimum atomic E-state index is -1.64. The van der Waals surface area contributed by atoms with Gasteiger partial charge in [-0.15, -0.1) is 0 Å². The molecule has 2 aromatic rings. The quantitative estimate of drug-likeness (QED) is 0.190. The van der Waals surface area contributed by atoms with E-state index in [0.29, 0.717) is 16.7 Å². The third-order valence-electron chi connectivity index (χ3n) is 11.5. The normalized spacial score (nSPS) is 29.8. The highest BCUT2D eigenvalue weighted by molar-refractivity contribution is 5.89. The van der Waals surface area contributed by atoms with E-state index in [-0.39, 0.29) is 31.2 Å². The lowest BCUT2D eigenvalue weighted by atomic mass is 9.56. The molecule has 3 aliphatic rings. The zero-order chi connectivity index (χ0) is 39.7. The Hall–Kier alpha value is -4.81. The Balaban J connectivity index is 1.73. The van der Waals surface area contributed by atoms with Crippen LogP contribution in [0.3, 0.4) is 0 Å². The van der Waals surface area contributed by atoms with Gasteiger partial charge >= 0.3 is 29.8 Å². The van der Waals surface area contributed by atoms with Gasteiger partial charge in [0.1, 0.15) is 18.3 Å². The highest BCUT2D eigenvalue weighted by Gasteiger charge is 2.69. The topological polar surface area (TPSA) is 172 Å². The number of benzene rings is 2. The predicted octanol–water partition coefficient (Wildman–Crippen LogP) is 4.99. The van der Waals surface area contributed by atoms with Gasteiger partial charge in [0.15, 0.2) is 18.3 Å². The van der Waals surface area contributed by atoms with Gasteiger partial charge in [-0.2, -0.15) is 0 Å². The van der Waals surface area contributed by atoms with Crippen molar-refractivity contribution in [2.75, 3.05) is 0 Å². The average molecular weight is 747 g/mol. The second-order valence-corrected chi connectivity index (χ2v) is 15.4. The van der Waals surface area contributed by atoms with E-state index in [1.54, 1.807) is 82.3 Å². The summed E-state index contributed by atoms with van der Waals surface area (Å²) in [5.74, 6) is -4.43. The van der Waals surface area contributed by atoms with Gasteiger partial charge < -0.3 is 33.9 Å². The van der Waals surface area contributed by atoms with Crippen LogP contribution >= 0.6 is 0 Å². The number of aliphatic hydroxyl groups excluding tert-OH is 1. The molecule has 2 saturated carbocycles. The van der Waals surface area contributed by atoms with Gasteiger partial charge in [0.25, 0.3) is 0 Å².